The van der Waals surface area contributed by atoms with Crippen LogP contribution >= 0.6 is 11.8 Å². The molecule has 0 aliphatic carbocycles. The van der Waals surface area contributed by atoms with E-state index in [1.807, 2.05) is 20.8 Å². The number of thioether (sulfide) groups is 1. The molecule has 1 aromatic rings. The third-order valence-corrected chi connectivity index (χ3v) is 4.57. The molecule has 2 N–H and O–H groups in total. The van der Waals surface area contributed by atoms with Crippen LogP contribution in [-0.2, 0) is 0 Å². The van der Waals surface area contributed by atoms with Gasteiger partial charge in [0, 0.05) is 11.4 Å². The molecule has 0 aliphatic rings. The lowest BCUT2D eigenvalue weighted by Crippen LogP contribution is -2.33. The lowest BCUT2D eigenvalue weighted by Gasteiger charge is -2.27. The van der Waals surface area contributed by atoms with Gasteiger partial charge in [0.15, 0.2) is 0 Å². The maximum atomic E-state index is 11.3. The van der Waals surface area contributed by atoms with Gasteiger partial charge in [0.1, 0.15) is 5.03 Å². The molecule has 1 atom stereocenters. The van der Waals surface area contributed by atoms with Crippen LogP contribution in [0.15, 0.2) is 11.1 Å². The Balaban J connectivity index is 3.04. The number of aromatic nitrogens is 1. The van der Waals surface area contributed by atoms with E-state index in [-0.39, 0.29) is 11.5 Å². The molecule has 4 nitrogen and oxygen atoms in total. The van der Waals surface area contributed by atoms with Crippen molar-refractivity contribution < 1.29 is 15.0 Å². The Kier molecular flexibility index (Phi) is 4.98. The molecular formula is C14H21NO3S. The second kappa shape index (κ2) is 5.92. The highest BCUT2D eigenvalue weighted by Gasteiger charge is 2.26. The topological polar surface area (TPSA) is 70.4 Å². The molecule has 19 heavy (non-hydrogen) atoms. The molecule has 106 valence electrons. The van der Waals surface area contributed by atoms with Crippen molar-refractivity contribution in [2.75, 3.05) is 5.75 Å². The summed E-state index contributed by atoms with van der Waals surface area (Å²) in [5, 5.41) is 20.0. The van der Waals surface area contributed by atoms with E-state index < -0.39 is 11.6 Å². The van der Waals surface area contributed by atoms with Crippen LogP contribution in [0.5, 0.6) is 0 Å². The van der Waals surface area contributed by atoms with E-state index in [0.29, 0.717) is 16.3 Å². The third kappa shape index (κ3) is 3.94. The molecule has 0 radical (unpaired) electrons. The summed E-state index contributed by atoms with van der Waals surface area (Å²) in [6.45, 7) is 9.24. The Labute approximate surface area is 118 Å². The molecule has 0 saturated carbocycles. The summed E-state index contributed by atoms with van der Waals surface area (Å²) >= 11 is 1.30. The van der Waals surface area contributed by atoms with E-state index in [1.165, 1.54) is 11.8 Å². The number of aryl methyl sites for hydroxylation is 2. The minimum Gasteiger partial charge on any atom is -0.478 e. The molecule has 1 heterocycles. The first-order valence-corrected chi connectivity index (χ1v) is 7.20. The first kappa shape index (κ1) is 16.0. The highest BCUT2D eigenvalue weighted by molar-refractivity contribution is 7.99. The maximum absolute atomic E-state index is 11.3. The summed E-state index contributed by atoms with van der Waals surface area (Å²) in [7, 11) is 0. The summed E-state index contributed by atoms with van der Waals surface area (Å²) in [6.07, 6.45) is 0. The van der Waals surface area contributed by atoms with Crippen molar-refractivity contribution in [3.05, 3.63) is 22.9 Å². The zero-order chi connectivity index (χ0) is 14.8. The van der Waals surface area contributed by atoms with Gasteiger partial charge in [0.25, 0.3) is 0 Å². The van der Waals surface area contributed by atoms with Crippen molar-refractivity contribution in [3.8, 4) is 0 Å². The van der Waals surface area contributed by atoms with Crippen molar-refractivity contribution in [1.29, 1.82) is 0 Å². The van der Waals surface area contributed by atoms with Gasteiger partial charge >= 0.3 is 5.97 Å². The predicted molar refractivity (Wildman–Crippen MR) is 76.9 cm³/mol. The number of hydrogen-bond donors (Lipinski definition) is 2. The third-order valence-electron chi connectivity index (χ3n) is 3.27. The summed E-state index contributed by atoms with van der Waals surface area (Å²) in [6, 6.07) is 1.76. The van der Waals surface area contributed by atoms with E-state index in [1.54, 1.807) is 19.9 Å². The van der Waals surface area contributed by atoms with Crippen molar-refractivity contribution in [2.24, 2.45) is 5.92 Å². The molecule has 1 rings (SSSR count). The molecular weight excluding hydrogens is 262 g/mol. The molecule has 0 bridgehead atoms. The normalized spacial score (nSPS) is 14.5. The molecule has 0 amide bonds. The minimum absolute atomic E-state index is 0.0965. The standard InChI is InChI=1S/C14H21NO3S/c1-8(2)14(5,18)7-19-12-11(13(16)17)9(3)6-10(4)15-12/h6,8,18H,7H2,1-5H3,(H,16,17). The molecule has 0 spiro atoms. The SMILES string of the molecule is Cc1cc(C)c(C(=O)O)c(SCC(C)(O)C(C)C)n1. The number of nitrogens with zero attached hydrogens (tertiary/aromatic N) is 1. The number of carboxylic acid groups (broad SMARTS) is 1. The Morgan fingerprint density at radius 1 is 1.47 bits per heavy atom. The number of hydrogen-bond acceptors (Lipinski definition) is 4. The number of rotatable bonds is 5. The largest absolute Gasteiger partial charge is 0.478 e. The predicted octanol–water partition coefficient (Wildman–Crippen LogP) is 2.90. The van der Waals surface area contributed by atoms with Crippen LogP contribution in [-0.4, -0.2) is 32.5 Å². The van der Waals surface area contributed by atoms with Gasteiger partial charge in [-0.05, 0) is 38.3 Å². The molecule has 1 aromatic heterocycles. The van der Waals surface area contributed by atoms with Crippen LogP contribution in [0.4, 0.5) is 0 Å². The molecule has 5 heteroatoms. The lowest BCUT2D eigenvalue weighted by atomic mass is 9.95. The van der Waals surface area contributed by atoms with Gasteiger partial charge in [0.2, 0.25) is 0 Å². The Morgan fingerprint density at radius 2 is 2.05 bits per heavy atom. The minimum atomic E-state index is -0.975. The number of carboxylic acids is 1. The monoisotopic (exact) mass is 283 g/mol. The zero-order valence-corrected chi connectivity index (χ0v) is 12.8. The fraction of sp³-hybridized carbons (Fsp3) is 0.571. The highest BCUT2D eigenvalue weighted by atomic mass is 32.2. The van der Waals surface area contributed by atoms with Crippen LogP contribution in [0.25, 0.3) is 0 Å². The van der Waals surface area contributed by atoms with Crippen LogP contribution in [0.1, 0.15) is 42.4 Å². The number of pyridine rings is 1. The molecule has 1 unspecified atom stereocenters. The first-order valence-electron chi connectivity index (χ1n) is 6.22. The van der Waals surface area contributed by atoms with E-state index in [4.69, 9.17) is 0 Å². The van der Waals surface area contributed by atoms with E-state index in [2.05, 4.69) is 4.98 Å². The molecule has 0 fully saturated rings. The smallest absolute Gasteiger partial charge is 0.338 e. The Bertz CT molecular complexity index is 484. The summed E-state index contributed by atoms with van der Waals surface area (Å²) < 4.78 is 0. The average molecular weight is 283 g/mol. The summed E-state index contributed by atoms with van der Waals surface area (Å²) in [5.41, 5.74) is 0.871. The summed E-state index contributed by atoms with van der Waals surface area (Å²) in [4.78, 5) is 15.6. The highest BCUT2D eigenvalue weighted by Crippen LogP contribution is 2.29. The van der Waals surface area contributed by atoms with Crippen molar-refractivity contribution >= 4 is 17.7 Å². The van der Waals surface area contributed by atoms with Gasteiger partial charge in [-0.2, -0.15) is 0 Å². The van der Waals surface area contributed by atoms with Crippen LogP contribution in [0.2, 0.25) is 0 Å². The molecule has 0 saturated heterocycles. The lowest BCUT2D eigenvalue weighted by molar-refractivity contribution is 0.0375. The van der Waals surface area contributed by atoms with Gasteiger partial charge in [-0.15, -0.1) is 11.8 Å². The van der Waals surface area contributed by atoms with E-state index >= 15 is 0 Å². The van der Waals surface area contributed by atoms with Crippen LogP contribution in [0.3, 0.4) is 0 Å². The zero-order valence-electron chi connectivity index (χ0n) is 12.0. The van der Waals surface area contributed by atoms with Gasteiger partial charge in [-0.3, -0.25) is 0 Å². The van der Waals surface area contributed by atoms with Crippen molar-refractivity contribution in [1.82, 2.24) is 4.98 Å². The van der Waals surface area contributed by atoms with E-state index in [9.17, 15) is 15.0 Å². The maximum Gasteiger partial charge on any atom is 0.338 e. The molecule has 0 aliphatic heterocycles. The fourth-order valence-corrected chi connectivity index (χ4v) is 2.91. The van der Waals surface area contributed by atoms with E-state index in [0.717, 1.165) is 5.69 Å². The average Bonchev–Trinajstić information content (AvgIpc) is 2.24. The Hall–Kier alpha value is -1.07. The van der Waals surface area contributed by atoms with Gasteiger partial charge in [0.05, 0.1) is 11.2 Å². The Morgan fingerprint density at radius 3 is 2.53 bits per heavy atom. The quantitative estimate of drug-likeness (QED) is 0.813. The first-order chi connectivity index (χ1) is 8.65. The summed E-state index contributed by atoms with van der Waals surface area (Å²) in [5.74, 6) is -0.461. The van der Waals surface area contributed by atoms with Crippen LogP contribution in [0, 0.1) is 19.8 Å². The van der Waals surface area contributed by atoms with Crippen LogP contribution < -0.4 is 0 Å². The van der Waals surface area contributed by atoms with Crippen molar-refractivity contribution in [2.45, 2.75) is 45.2 Å². The second-order valence-electron chi connectivity index (χ2n) is 5.37. The van der Waals surface area contributed by atoms with Gasteiger partial charge in [-0.25, -0.2) is 9.78 Å². The fourth-order valence-electron chi connectivity index (χ4n) is 1.55. The number of aromatic carboxylic acids is 1. The van der Waals surface area contributed by atoms with Gasteiger partial charge < -0.3 is 10.2 Å². The second-order valence-corrected chi connectivity index (χ2v) is 6.33. The van der Waals surface area contributed by atoms with Crippen molar-refractivity contribution in [3.63, 3.8) is 0 Å². The number of aliphatic hydroxyl groups is 1. The molecule has 0 aromatic carbocycles. The van der Waals surface area contributed by atoms with Gasteiger partial charge in [-0.1, -0.05) is 13.8 Å². The number of carbonyl (C=O) groups is 1.